The zero-order valence-electron chi connectivity index (χ0n) is 9.10. The Kier molecular flexibility index (Phi) is 2.58. The molecule has 0 saturated carbocycles. The van der Waals surface area contributed by atoms with E-state index in [0.717, 1.165) is 12.1 Å². The van der Waals surface area contributed by atoms with Gasteiger partial charge < -0.3 is 4.52 Å². The average Bonchev–Trinajstić information content (AvgIpc) is 2.71. The van der Waals surface area contributed by atoms with Crippen LogP contribution in [0.5, 0.6) is 0 Å². The molecule has 1 aromatic carbocycles. The van der Waals surface area contributed by atoms with Gasteiger partial charge in [-0.2, -0.15) is 0 Å². The second-order valence-corrected chi connectivity index (χ2v) is 4.42. The van der Waals surface area contributed by atoms with Crippen LogP contribution in [0.15, 0.2) is 47.2 Å². The van der Waals surface area contributed by atoms with E-state index in [1.807, 2.05) is 12.1 Å². The van der Waals surface area contributed by atoms with Gasteiger partial charge in [-0.25, -0.2) is 0 Å². The van der Waals surface area contributed by atoms with Crippen molar-refractivity contribution in [2.45, 2.75) is 25.7 Å². The zero-order valence-corrected chi connectivity index (χ0v) is 9.10. The maximum atomic E-state index is 4.85. The van der Waals surface area contributed by atoms with Crippen LogP contribution in [0.3, 0.4) is 0 Å². The standard InChI is InChI=1S/C13H15NO/c1-13(2,10-12-8-9-15-14-12)11-6-4-3-5-7-11/h3-9H,10H2,1-2H3. The molecule has 0 bridgehead atoms. The molecule has 0 aliphatic heterocycles. The number of aromatic nitrogens is 1. The molecule has 0 atom stereocenters. The summed E-state index contributed by atoms with van der Waals surface area (Å²) in [5.41, 5.74) is 2.43. The van der Waals surface area contributed by atoms with Crippen LogP contribution >= 0.6 is 0 Å². The van der Waals surface area contributed by atoms with Gasteiger partial charge in [-0.05, 0) is 11.0 Å². The molecule has 0 amide bonds. The van der Waals surface area contributed by atoms with Crippen molar-refractivity contribution in [3.05, 3.63) is 53.9 Å². The number of hydrogen-bond acceptors (Lipinski definition) is 2. The van der Waals surface area contributed by atoms with Gasteiger partial charge in [0, 0.05) is 12.5 Å². The first-order valence-corrected chi connectivity index (χ1v) is 5.13. The Labute approximate surface area is 89.9 Å². The number of benzene rings is 1. The first kappa shape index (κ1) is 9.97. The van der Waals surface area contributed by atoms with Crippen LogP contribution in [0, 0.1) is 0 Å². The maximum absolute atomic E-state index is 4.85. The quantitative estimate of drug-likeness (QED) is 0.762. The molecule has 0 spiro atoms. The fourth-order valence-corrected chi connectivity index (χ4v) is 1.77. The monoisotopic (exact) mass is 201 g/mol. The minimum Gasteiger partial charge on any atom is -0.365 e. The number of hydrogen-bond donors (Lipinski definition) is 0. The molecule has 1 aromatic heterocycles. The Hall–Kier alpha value is -1.57. The number of nitrogens with zero attached hydrogens (tertiary/aromatic N) is 1. The lowest BCUT2D eigenvalue weighted by Crippen LogP contribution is -2.20. The van der Waals surface area contributed by atoms with Crippen LogP contribution < -0.4 is 0 Å². The van der Waals surface area contributed by atoms with Crippen molar-refractivity contribution >= 4 is 0 Å². The van der Waals surface area contributed by atoms with Crippen LogP contribution in [0.4, 0.5) is 0 Å². The normalized spacial score (nSPS) is 11.6. The summed E-state index contributed by atoms with van der Waals surface area (Å²) >= 11 is 0. The smallest absolute Gasteiger partial charge is 0.124 e. The second-order valence-electron chi connectivity index (χ2n) is 4.42. The van der Waals surface area contributed by atoms with Gasteiger partial charge in [0.05, 0.1) is 5.69 Å². The lowest BCUT2D eigenvalue weighted by atomic mass is 9.81. The first-order chi connectivity index (χ1) is 7.18. The summed E-state index contributed by atoms with van der Waals surface area (Å²) in [6.07, 6.45) is 2.52. The third-order valence-electron chi connectivity index (χ3n) is 2.67. The summed E-state index contributed by atoms with van der Waals surface area (Å²) in [5.74, 6) is 0. The fraction of sp³-hybridized carbons (Fsp3) is 0.308. The van der Waals surface area contributed by atoms with Gasteiger partial charge in [0.2, 0.25) is 0 Å². The van der Waals surface area contributed by atoms with E-state index >= 15 is 0 Å². The van der Waals surface area contributed by atoms with E-state index in [1.54, 1.807) is 6.26 Å². The topological polar surface area (TPSA) is 26.0 Å². The minimum atomic E-state index is 0.0954. The minimum absolute atomic E-state index is 0.0954. The highest BCUT2D eigenvalue weighted by molar-refractivity contribution is 5.25. The van der Waals surface area contributed by atoms with Crippen LogP contribution in [0.1, 0.15) is 25.1 Å². The van der Waals surface area contributed by atoms with Crippen molar-refractivity contribution < 1.29 is 4.52 Å². The maximum Gasteiger partial charge on any atom is 0.124 e. The molecule has 2 rings (SSSR count). The van der Waals surface area contributed by atoms with Gasteiger partial charge in [0.1, 0.15) is 6.26 Å². The van der Waals surface area contributed by atoms with Crippen LogP contribution in [0.25, 0.3) is 0 Å². The molecular weight excluding hydrogens is 186 g/mol. The SMILES string of the molecule is CC(C)(Cc1ccon1)c1ccccc1. The molecule has 0 saturated heterocycles. The Balaban J connectivity index is 2.20. The second kappa shape index (κ2) is 3.89. The summed E-state index contributed by atoms with van der Waals surface area (Å²) in [6, 6.07) is 12.4. The van der Waals surface area contributed by atoms with Gasteiger partial charge in [-0.1, -0.05) is 49.3 Å². The third-order valence-corrected chi connectivity index (χ3v) is 2.67. The van der Waals surface area contributed by atoms with Crippen LogP contribution in [-0.2, 0) is 11.8 Å². The van der Waals surface area contributed by atoms with E-state index in [2.05, 4.69) is 43.3 Å². The van der Waals surface area contributed by atoms with E-state index in [9.17, 15) is 0 Å². The van der Waals surface area contributed by atoms with E-state index in [1.165, 1.54) is 5.56 Å². The van der Waals surface area contributed by atoms with Gasteiger partial charge in [0.25, 0.3) is 0 Å². The van der Waals surface area contributed by atoms with Gasteiger partial charge >= 0.3 is 0 Å². The van der Waals surface area contributed by atoms with Gasteiger partial charge in [0.15, 0.2) is 0 Å². The van der Waals surface area contributed by atoms with E-state index in [4.69, 9.17) is 4.52 Å². The summed E-state index contributed by atoms with van der Waals surface area (Å²) in [7, 11) is 0. The molecule has 0 aliphatic rings. The predicted octanol–water partition coefficient (Wildman–Crippen LogP) is 3.19. The van der Waals surface area contributed by atoms with Crippen molar-refractivity contribution in [2.75, 3.05) is 0 Å². The average molecular weight is 201 g/mol. The van der Waals surface area contributed by atoms with E-state index in [0.29, 0.717) is 0 Å². The van der Waals surface area contributed by atoms with Crippen molar-refractivity contribution in [3.8, 4) is 0 Å². The van der Waals surface area contributed by atoms with Gasteiger partial charge in [-0.3, -0.25) is 0 Å². The molecule has 1 heterocycles. The zero-order chi connectivity index (χ0) is 10.7. The molecule has 2 heteroatoms. The molecule has 78 valence electrons. The molecule has 0 fully saturated rings. The largest absolute Gasteiger partial charge is 0.365 e. The summed E-state index contributed by atoms with van der Waals surface area (Å²) in [4.78, 5) is 0. The molecule has 2 aromatic rings. The Morgan fingerprint density at radius 1 is 1.13 bits per heavy atom. The van der Waals surface area contributed by atoms with E-state index < -0.39 is 0 Å². The van der Waals surface area contributed by atoms with Crippen molar-refractivity contribution in [2.24, 2.45) is 0 Å². The summed E-state index contributed by atoms with van der Waals surface area (Å²) < 4.78 is 4.85. The lowest BCUT2D eigenvalue weighted by Gasteiger charge is -2.23. The third kappa shape index (κ3) is 2.27. The van der Waals surface area contributed by atoms with Crippen LogP contribution in [-0.4, -0.2) is 5.16 Å². The molecule has 0 radical (unpaired) electrons. The Bertz CT molecular complexity index is 403. The molecule has 2 nitrogen and oxygen atoms in total. The Morgan fingerprint density at radius 3 is 2.47 bits per heavy atom. The summed E-state index contributed by atoms with van der Waals surface area (Å²) in [6.45, 7) is 4.44. The Morgan fingerprint density at radius 2 is 1.87 bits per heavy atom. The lowest BCUT2D eigenvalue weighted by molar-refractivity contribution is 0.400. The first-order valence-electron chi connectivity index (χ1n) is 5.13. The fourth-order valence-electron chi connectivity index (χ4n) is 1.77. The molecule has 0 unspecified atom stereocenters. The molecular formula is C13H15NO. The van der Waals surface area contributed by atoms with Gasteiger partial charge in [-0.15, -0.1) is 0 Å². The highest BCUT2D eigenvalue weighted by atomic mass is 16.5. The highest BCUT2D eigenvalue weighted by Gasteiger charge is 2.21. The van der Waals surface area contributed by atoms with Crippen molar-refractivity contribution in [1.29, 1.82) is 0 Å². The van der Waals surface area contributed by atoms with Crippen LogP contribution in [0.2, 0.25) is 0 Å². The predicted molar refractivity (Wildman–Crippen MR) is 59.7 cm³/mol. The highest BCUT2D eigenvalue weighted by Crippen LogP contribution is 2.26. The summed E-state index contributed by atoms with van der Waals surface area (Å²) in [5, 5.41) is 3.95. The van der Waals surface area contributed by atoms with Crippen molar-refractivity contribution in [3.63, 3.8) is 0 Å². The molecule has 0 N–H and O–H groups in total. The molecule has 15 heavy (non-hydrogen) atoms. The number of rotatable bonds is 3. The van der Waals surface area contributed by atoms with E-state index in [-0.39, 0.29) is 5.41 Å². The molecule has 0 aliphatic carbocycles. The van der Waals surface area contributed by atoms with Crippen molar-refractivity contribution in [1.82, 2.24) is 5.16 Å².